The molecule has 15 heteroatoms. The van der Waals surface area contributed by atoms with Crippen LogP contribution in [0.1, 0.15) is 52.9 Å². The van der Waals surface area contributed by atoms with E-state index in [1.54, 1.807) is 50.2 Å². The average Bonchev–Trinajstić information content (AvgIpc) is 3.34. The molecule has 1 amide bonds. The maximum Gasteiger partial charge on any atom is 0.416 e. The number of aliphatic hydroxyl groups excluding tert-OH is 1. The van der Waals surface area contributed by atoms with E-state index in [9.17, 15) is 45.3 Å². The van der Waals surface area contributed by atoms with Crippen molar-refractivity contribution in [1.29, 1.82) is 0 Å². The van der Waals surface area contributed by atoms with E-state index < -0.39 is 58.9 Å². The summed E-state index contributed by atoms with van der Waals surface area (Å²) in [4.78, 5) is 13.6. The second-order valence-electron chi connectivity index (χ2n) is 11.6. The van der Waals surface area contributed by atoms with E-state index in [4.69, 9.17) is 4.74 Å². The highest BCUT2D eigenvalue weighted by Crippen LogP contribution is 2.51. The maximum absolute atomic E-state index is 13.6. The van der Waals surface area contributed by atoms with Gasteiger partial charge in [-0.15, -0.1) is 10.8 Å². The van der Waals surface area contributed by atoms with Gasteiger partial charge >= 0.3 is 12.4 Å². The lowest BCUT2D eigenvalue weighted by atomic mass is 10.00. The molecular formula is C32H37F6N3O5S. The number of rotatable bonds is 12. The van der Waals surface area contributed by atoms with Crippen LogP contribution in [0.15, 0.2) is 66.7 Å². The van der Waals surface area contributed by atoms with E-state index in [0.717, 1.165) is 5.56 Å². The van der Waals surface area contributed by atoms with Crippen LogP contribution in [0.2, 0.25) is 0 Å². The average molecular weight is 690 g/mol. The Hall–Kier alpha value is -3.50. The molecule has 47 heavy (non-hydrogen) atoms. The minimum absolute atomic E-state index is 0.0442. The van der Waals surface area contributed by atoms with Gasteiger partial charge in [0.2, 0.25) is 0 Å². The normalized spacial score (nSPS) is 17.0. The Labute approximate surface area is 270 Å². The number of carbonyl (C=O) groups is 1. The zero-order valence-electron chi connectivity index (χ0n) is 25.6. The monoisotopic (exact) mass is 689 g/mol. The van der Waals surface area contributed by atoms with Gasteiger partial charge in [-0.3, -0.25) is 18.2 Å². The summed E-state index contributed by atoms with van der Waals surface area (Å²) in [5.41, 5.74) is -1.96. The van der Waals surface area contributed by atoms with E-state index >= 15 is 0 Å². The first-order valence-corrected chi connectivity index (χ1v) is 16.5. The standard InChI is InChI=1S/C32H37F6N3O5S/c1-20(2)46-27-15-23(14-26(17-27)41-9-6-10-47(41,44)45)30(43)40-28(13-21-7-4-3-5-8-21)29(42)19-39-18-22-11-24(31(33,34)35)16-25(12-22)32(36,37)38/h3-5,7-8,11-12,14-17,20,28-29,39,42,44-45H,6,9-10,13,18-19H2,1-2H3,(H,40,43)/t28-,29-/m0/s1. The summed E-state index contributed by atoms with van der Waals surface area (Å²) in [5, 5.41) is 16.6. The number of carbonyl (C=O) groups excluding carboxylic acids is 1. The van der Waals surface area contributed by atoms with Crippen molar-refractivity contribution in [2.75, 3.05) is 23.1 Å². The number of ether oxygens (including phenoxy) is 1. The number of amides is 1. The van der Waals surface area contributed by atoms with Gasteiger partial charge in [0.05, 0.1) is 40.8 Å². The Balaban J connectivity index is 1.55. The molecule has 5 N–H and O–H groups in total. The largest absolute Gasteiger partial charge is 0.491 e. The molecule has 1 fully saturated rings. The predicted octanol–water partition coefficient (Wildman–Crippen LogP) is 6.88. The van der Waals surface area contributed by atoms with Crippen molar-refractivity contribution in [2.45, 2.75) is 63.8 Å². The molecule has 258 valence electrons. The predicted molar refractivity (Wildman–Crippen MR) is 167 cm³/mol. The number of nitrogens with zero attached hydrogens (tertiary/aromatic N) is 1. The first-order chi connectivity index (χ1) is 21.9. The van der Waals surface area contributed by atoms with Crippen LogP contribution in [0.3, 0.4) is 0 Å². The molecule has 1 aliphatic rings. The van der Waals surface area contributed by atoms with Gasteiger partial charge in [-0.05, 0) is 68.1 Å². The van der Waals surface area contributed by atoms with Crippen LogP contribution in [0.5, 0.6) is 5.75 Å². The molecule has 1 aliphatic heterocycles. The summed E-state index contributed by atoms with van der Waals surface area (Å²) in [6.45, 7) is 3.23. The molecular weight excluding hydrogens is 652 g/mol. The van der Waals surface area contributed by atoms with Crippen LogP contribution in [0.4, 0.5) is 32.0 Å². The summed E-state index contributed by atoms with van der Waals surface area (Å²) in [5.74, 6) is -0.130. The molecule has 0 radical (unpaired) electrons. The van der Waals surface area contributed by atoms with E-state index in [2.05, 4.69) is 10.6 Å². The lowest BCUT2D eigenvalue weighted by Crippen LogP contribution is -2.48. The number of halogens is 6. The lowest BCUT2D eigenvalue weighted by molar-refractivity contribution is -0.143. The number of aliphatic hydroxyl groups is 1. The van der Waals surface area contributed by atoms with Crippen LogP contribution >= 0.6 is 10.8 Å². The minimum atomic E-state index is -5.00. The van der Waals surface area contributed by atoms with Crippen LogP contribution in [0.25, 0.3) is 0 Å². The van der Waals surface area contributed by atoms with E-state index in [1.165, 1.54) is 16.4 Å². The minimum Gasteiger partial charge on any atom is -0.491 e. The van der Waals surface area contributed by atoms with Crippen molar-refractivity contribution in [3.63, 3.8) is 0 Å². The molecule has 0 aromatic heterocycles. The second-order valence-corrected chi connectivity index (χ2v) is 13.7. The number of hydrogen-bond acceptors (Lipinski definition) is 7. The first-order valence-electron chi connectivity index (χ1n) is 14.8. The van der Waals surface area contributed by atoms with Gasteiger partial charge in [-0.25, -0.2) is 0 Å². The first kappa shape index (κ1) is 36.3. The Morgan fingerprint density at radius 3 is 2.13 bits per heavy atom. The summed E-state index contributed by atoms with van der Waals surface area (Å²) in [7, 11) is -3.09. The Bertz CT molecular complexity index is 1490. The molecule has 3 aromatic carbocycles. The number of alkyl halides is 6. The Kier molecular flexibility index (Phi) is 11.4. The summed E-state index contributed by atoms with van der Waals surface area (Å²) >= 11 is 0. The van der Waals surface area contributed by atoms with Gasteiger partial charge in [-0.1, -0.05) is 30.3 Å². The van der Waals surface area contributed by atoms with Crippen LogP contribution < -0.4 is 19.7 Å². The quantitative estimate of drug-likeness (QED) is 0.132. The van der Waals surface area contributed by atoms with Crippen molar-refractivity contribution in [3.05, 3.63) is 94.5 Å². The molecule has 0 saturated carbocycles. The van der Waals surface area contributed by atoms with Gasteiger partial charge in [0.1, 0.15) is 5.75 Å². The van der Waals surface area contributed by atoms with Crippen LogP contribution in [-0.4, -0.2) is 57.2 Å². The van der Waals surface area contributed by atoms with Crippen LogP contribution in [-0.2, 0) is 25.3 Å². The maximum atomic E-state index is 13.6. The summed E-state index contributed by atoms with van der Waals surface area (Å²) in [6.07, 6.45) is -10.9. The van der Waals surface area contributed by atoms with Crippen molar-refractivity contribution >= 4 is 22.4 Å². The molecule has 4 rings (SSSR count). The van der Waals surface area contributed by atoms with Gasteiger partial charge in [0, 0.05) is 31.3 Å². The fraction of sp³-hybridized carbons (Fsp3) is 0.406. The molecule has 3 aromatic rings. The third-order valence-electron chi connectivity index (χ3n) is 7.36. The number of hydrogen-bond donors (Lipinski definition) is 5. The van der Waals surface area contributed by atoms with Crippen molar-refractivity contribution < 1.29 is 50.1 Å². The van der Waals surface area contributed by atoms with Gasteiger partial charge in [0.15, 0.2) is 0 Å². The van der Waals surface area contributed by atoms with Crippen molar-refractivity contribution in [1.82, 2.24) is 10.6 Å². The third kappa shape index (κ3) is 10.00. The highest BCUT2D eigenvalue weighted by molar-refractivity contribution is 8.25. The highest BCUT2D eigenvalue weighted by atomic mass is 32.3. The third-order valence-corrected chi connectivity index (χ3v) is 9.29. The lowest BCUT2D eigenvalue weighted by Gasteiger charge is -2.38. The van der Waals surface area contributed by atoms with Gasteiger partial charge in [-0.2, -0.15) is 26.3 Å². The molecule has 0 spiro atoms. The Morgan fingerprint density at radius 2 is 1.57 bits per heavy atom. The van der Waals surface area contributed by atoms with E-state index in [0.29, 0.717) is 36.5 Å². The van der Waals surface area contributed by atoms with Crippen molar-refractivity contribution in [2.24, 2.45) is 0 Å². The number of nitrogens with one attached hydrogen (secondary N) is 2. The molecule has 0 bridgehead atoms. The molecule has 1 saturated heterocycles. The fourth-order valence-corrected chi connectivity index (χ4v) is 6.79. The van der Waals surface area contributed by atoms with E-state index in [-0.39, 0.29) is 42.0 Å². The second kappa shape index (κ2) is 14.7. The van der Waals surface area contributed by atoms with Crippen molar-refractivity contribution in [3.8, 4) is 5.75 Å². The molecule has 0 unspecified atom stereocenters. The van der Waals surface area contributed by atoms with Gasteiger partial charge in [0.25, 0.3) is 5.91 Å². The summed E-state index contributed by atoms with van der Waals surface area (Å²) < 4.78 is 108. The zero-order valence-corrected chi connectivity index (χ0v) is 26.4. The zero-order chi connectivity index (χ0) is 34.6. The molecule has 2 atom stereocenters. The number of benzene rings is 3. The van der Waals surface area contributed by atoms with E-state index in [1.807, 2.05) is 0 Å². The highest BCUT2D eigenvalue weighted by Gasteiger charge is 2.37. The SMILES string of the molecule is CC(C)Oc1cc(C(=O)N[C@@H](Cc2ccccc2)[C@@H](O)CNCc2cc(C(F)(F)F)cc(C(F)(F)F)c2)cc(N2CCCS2(O)O)c1. The van der Waals surface area contributed by atoms with Gasteiger partial charge < -0.3 is 20.5 Å². The molecule has 0 aliphatic carbocycles. The topological polar surface area (TPSA) is 114 Å². The Morgan fingerprint density at radius 1 is 0.936 bits per heavy atom. The summed E-state index contributed by atoms with van der Waals surface area (Å²) in [6, 6.07) is 13.7. The molecule has 1 heterocycles. The number of anilines is 1. The fourth-order valence-electron chi connectivity index (χ4n) is 5.19. The molecule has 8 nitrogen and oxygen atoms in total. The van der Waals surface area contributed by atoms with Crippen LogP contribution in [0, 0.1) is 0 Å². The smallest absolute Gasteiger partial charge is 0.416 e.